The maximum atomic E-state index is 12.4. The molecular weight excluding hydrogens is 312 g/mol. The first kappa shape index (κ1) is 15.3. The maximum absolute atomic E-state index is 12.4. The number of phenols is 1. The van der Waals surface area contributed by atoms with Crippen molar-refractivity contribution in [1.82, 2.24) is 0 Å². The number of hydrogen-bond acceptors (Lipinski definition) is 3. The Morgan fingerprint density at radius 3 is 2.13 bits per heavy atom. The predicted octanol–water partition coefficient (Wildman–Crippen LogP) is 4.65. The molecule has 0 aliphatic rings. The molecular formula is C19H13ClO3. The minimum absolute atomic E-state index is 0.113. The topological polar surface area (TPSA) is 54.4 Å². The lowest BCUT2D eigenvalue weighted by molar-refractivity contribution is 0.0893. The molecule has 3 aromatic carbocycles. The molecule has 4 heteroatoms. The average molecular weight is 325 g/mol. The molecule has 0 aliphatic carbocycles. The SMILES string of the molecule is O=C(CC(=O)c1cc2ccccc2cc1O)c1ccc(Cl)cc1. The van der Waals surface area contributed by atoms with Crippen LogP contribution < -0.4 is 0 Å². The van der Waals surface area contributed by atoms with E-state index < -0.39 is 5.78 Å². The van der Waals surface area contributed by atoms with Crippen molar-refractivity contribution in [2.75, 3.05) is 0 Å². The molecule has 1 N–H and O–H groups in total. The first-order valence-corrected chi connectivity index (χ1v) is 7.46. The molecule has 0 bridgehead atoms. The second kappa shape index (κ2) is 6.23. The number of phenolic OH excluding ortho intramolecular Hbond substituents is 1. The van der Waals surface area contributed by atoms with Gasteiger partial charge in [0.15, 0.2) is 11.6 Å². The van der Waals surface area contributed by atoms with Crippen molar-refractivity contribution >= 4 is 33.9 Å². The summed E-state index contributed by atoms with van der Waals surface area (Å²) in [4.78, 5) is 24.5. The van der Waals surface area contributed by atoms with Gasteiger partial charge in [-0.2, -0.15) is 0 Å². The molecule has 0 radical (unpaired) electrons. The van der Waals surface area contributed by atoms with Gasteiger partial charge in [0, 0.05) is 10.6 Å². The Bertz CT molecular complexity index is 898. The third-order valence-electron chi connectivity index (χ3n) is 3.65. The molecule has 3 rings (SSSR count). The molecule has 0 saturated heterocycles. The Morgan fingerprint density at radius 2 is 1.48 bits per heavy atom. The fourth-order valence-electron chi connectivity index (χ4n) is 2.43. The molecule has 114 valence electrons. The third-order valence-corrected chi connectivity index (χ3v) is 3.90. The maximum Gasteiger partial charge on any atom is 0.174 e. The van der Waals surface area contributed by atoms with Crippen molar-refractivity contribution < 1.29 is 14.7 Å². The van der Waals surface area contributed by atoms with Crippen LogP contribution in [-0.2, 0) is 0 Å². The van der Waals surface area contributed by atoms with E-state index in [-0.39, 0.29) is 23.5 Å². The standard InChI is InChI=1S/C19H13ClO3/c20-15-7-5-12(6-8-15)17(21)11-19(23)16-9-13-3-1-2-4-14(13)10-18(16)22/h1-10,22H,11H2. The van der Waals surface area contributed by atoms with Crippen LogP contribution in [0.15, 0.2) is 60.7 Å². The molecule has 0 saturated carbocycles. The van der Waals surface area contributed by atoms with Gasteiger partial charge in [-0.3, -0.25) is 9.59 Å². The van der Waals surface area contributed by atoms with E-state index in [1.807, 2.05) is 24.3 Å². The molecule has 0 spiro atoms. The van der Waals surface area contributed by atoms with Crippen LogP contribution in [0.25, 0.3) is 10.8 Å². The van der Waals surface area contributed by atoms with Gasteiger partial charge in [0.25, 0.3) is 0 Å². The van der Waals surface area contributed by atoms with E-state index in [0.717, 1.165) is 10.8 Å². The van der Waals surface area contributed by atoms with Crippen molar-refractivity contribution in [3.63, 3.8) is 0 Å². The van der Waals surface area contributed by atoms with Crippen molar-refractivity contribution in [2.24, 2.45) is 0 Å². The van der Waals surface area contributed by atoms with Crippen LogP contribution in [0.1, 0.15) is 27.1 Å². The molecule has 0 aliphatic heterocycles. The van der Waals surface area contributed by atoms with Crippen LogP contribution >= 0.6 is 11.6 Å². The lowest BCUT2D eigenvalue weighted by atomic mass is 9.98. The zero-order valence-corrected chi connectivity index (χ0v) is 12.9. The fraction of sp³-hybridized carbons (Fsp3) is 0.0526. The Hall–Kier alpha value is -2.65. The van der Waals surface area contributed by atoms with Gasteiger partial charge in [-0.1, -0.05) is 35.9 Å². The van der Waals surface area contributed by atoms with Crippen molar-refractivity contribution in [2.45, 2.75) is 6.42 Å². The van der Waals surface area contributed by atoms with Gasteiger partial charge < -0.3 is 5.11 Å². The van der Waals surface area contributed by atoms with Gasteiger partial charge in [-0.15, -0.1) is 0 Å². The number of Topliss-reactive ketones (excluding diaryl/α,β-unsaturated/α-hetero) is 2. The van der Waals surface area contributed by atoms with Gasteiger partial charge >= 0.3 is 0 Å². The first-order chi connectivity index (χ1) is 11.0. The highest BCUT2D eigenvalue weighted by molar-refractivity contribution is 6.30. The number of benzene rings is 3. The number of halogens is 1. The second-order valence-corrected chi connectivity index (χ2v) is 5.68. The van der Waals surface area contributed by atoms with E-state index in [0.29, 0.717) is 10.6 Å². The summed E-state index contributed by atoms with van der Waals surface area (Å²) >= 11 is 5.78. The van der Waals surface area contributed by atoms with Gasteiger partial charge in [-0.05, 0) is 47.2 Å². The van der Waals surface area contributed by atoms with Crippen LogP contribution in [0.3, 0.4) is 0 Å². The molecule has 0 heterocycles. The zero-order valence-electron chi connectivity index (χ0n) is 12.1. The number of rotatable bonds is 4. The summed E-state index contributed by atoms with van der Waals surface area (Å²) in [6, 6.07) is 16.9. The lowest BCUT2D eigenvalue weighted by Gasteiger charge is -2.06. The van der Waals surface area contributed by atoms with Crippen LogP contribution in [0.4, 0.5) is 0 Å². The third kappa shape index (κ3) is 3.25. The molecule has 3 aromatic rings. The van der Waals surface area contributed by atoms with Crippen molar-refractivity contribution in [3.05, 3.63) is 76.8 Å². The minimum atomic E-state index is -0.409. The van der Waals surface area contributed by atoms with Crippen LogP contribution in [0.5, 0.6) is 5.75 Å². The Labute approximate surface area is 138 Å². The molecule has 0 unspecified atom stereocenters. The van der Waals surface area contributed by atoms with Gasteiger partial charge in [0.1, 0.15) is 5.75 Å². The lowest BCUT2D eigenvalue weighted by Crippen LogP contribution is -2.08. The molecule has 0 fully saturated rings. The van der Waals surface area contributed by atoms with E-state index in [4.69, 9.17) is 11.6 Å². The summed E-state index contributed by atoms with van der Waals surface area (Å²) in [6.45, 7) is 0. The van der Waals surface area contributed by atoms with E-state index in [1.54, 1.807) is 30.3 Å². The number of ketones is 2. The number of fused-ring (bicyclic) bond motifs is 1. The number of hydrogen-bond donors (Lipinski definition) is 1. The summed E-state index contributed by atoms with van der Waals surface area (Å²) in [5, 5.41) is 12.3. The van der Waals surface area contributed by atoms with Crippen molar-refractivity contribution in [1.29, 1.82) is 0 Å². The Balaban J connectivity index is 1.87. The smallest absolute Gasteiger partial charge is 0.174 e. The van der Waals surface area contributed by atoms with E-state index in [2.05, 4.69) is 0 Å². The molecule has 3 nitrogen and oxygen atoms in total. The van der Waals surface area contributed by atoms with E-state index in [9.17, 15) is 14.7 Å². The molecule has 0 atom stereocenters. The molecule has 0 aromatic heterocycles. The van der Waals surface area contributed by atoms with Gasteiger partial charge in [-0.25, -0.2) is 0 Å². The largest absolute Gasteiger partial charge is 0.507 e. The highest BCUT2D eigenvalue weighted by Crippen LogP contribution is 2.26. The number of carbonyl (C=O) groups excluding carboxylic acids is 2. The number of aromatic hydroxyl groups is 1. The average Bonchev–Trinajstić information content (AvgIpc) is 2.54. The molecule has 0 amide bonds. The predicted molar refractivity (Wildman–Crippen MR) is 90.3 cm³/mol. The van der Waals surface area contributed by atoms with Gasteiger partial charge in [0.05, 0.1) is 12.0 Å². The normalized spacial score (nSPS) is 10.7. The summed E-state index contributed by atoms with van der Waals surface area (Å²) in [7, 11) is 0. The van der Waals surface area contributed by atoms with Crippen LogP contribution in [0.2, 0.25) is 5.02 Å². The first-order valence-electron chi connectivity index (χ1n) is 7.08. The highest BCUT2D eigenvalue weighted by atomic mass is 35.5. The summed E-state index contributed by atoms with van der Waals surface area (Å²) in [6.07, 6.45) is -0.298. The summed E-state index contributed by atoms with van der Waals surface area (Å²) in [5.74, 6) is -0.829. The zero-order chi connectivity index (χ0) is 16.4. The van der Waals surface area contributed by atoms with E-state index in [1.165, 1.54) is 6.07 Å². The Morgan fingerprint density at radius 1 is 0.870 bits per heavy atom. The summed E-state index contributed by atoms with van der Waals surface area (Å²) < 4.78 is 0. The monoisotopic (exact) mass is 324 g/mol. The second-order valence-electron chi connectivity index (χ2n) is 5.25. The minimum Gasteiger partial charge on any atom is -0.507 e. The Kier molecular flexibility index (Phi) is 4.13. The summed E-state index contributed by atoms with van der Waals surface area (Å²) in [5.41, 5.74) is 0.578. The number of carbonyl (C=O) groups is 2. The van der Waals surface area contributed by atoms with Crippen LogP contribution in [0, 0.1) is 0 Å². The quantitative estimate of drug-likeness (QED) is 0.561. The molecule has 23 heavy (non-hydrogen) atoms. The van der Waals surface area contributed by atoms with Crippen molar-refractivity contribution in [3.8, 4) is 5.75 Å². The van der Waals surface area contributed by atoms with Gasteiger partial charge in [0.2, 0.25) is 0 Å². The highest BCUT2D eigenvalue weighted by Gasteiger charge is 2.17. The fourth-order valence-corrected chi connectivity index (χ4v) is 2.56. The van der Waals surface area contributed by atoms with E-state index >= 15 is 0 Å². The van der Waals surface area contributed by atoms with Crippen LogP contribution in [-0.4, -0.2) is 16.7 Å².